The number of para-hydroxylation sites is 2. The van der Waals surface area contributed by atoms with Crippen LogP contribution in [-0.2, 0) is 0 Å². The third kappa shape index (κ3) is 5.29. The molecule has 3 heteroatoms. The maximum absolute atomic E-state index is 4.56. The zero-order valence-corrected chi connectivity index (χ0v) is 28.4. The number of hydrogen-bond donors (Lipinski definition) is 0. The lowest BCUT2D eigenvalue weighted by Crippen LogP contribution is -2.18. The van der Waals surface area contributed by atoms with Gasteiger partial charge in [0, 0.05) is 66.0 Å². The lowest BCUT2D eigenvalue weighted by atomic mass is 9.95. The summed E-state index contributed by atoms with van der Waals surface area (Å²) in [5.41, 5.74) is 10.2. The molecular formula is C47H34N2S. The Balaban J connectivity index is 1.31. The summed E-state index contributed by atoms with van der Waals surface area (Å²) in [6.07, 6.45) is 8.54. The second-order valence-corrected chi connectivity index (χ2v) is 13.7. The molecule has 0 saturated heterocycles. The Bertz CT molecular complexity index is 2590. The Kier molecular flexibility index (Phi) is 7.61. The molecule has 2 heterocycles. The highest BCUT2D eigenvalue weighted by molar-refractivity contribution is 7.26. The smallest absolute Gasteiger partial charge is 0.0540 e. The van der Waals surface area contributed by atoms with Gasteiger partial charge in [0.1, 0.15) is 0 Å². The molecule has 238 valence electrons. The molecule has 9 rings (SSSR count). The van der Waals surface area contributed by atoms with Gasteiger partial charge in [-0.15, -0.1) is 11.3 Å². The zero-order chi connectivity index (χ0) is 33.4. The van der Waals surface area contributed by atoms with E-state index in [0.717, 1.165) is 46.1 Å². The van der Waals surface area contributed by atoms with Crippen molar-refractivity contribution in [1.29, 1.82) is 0 Å². The quantitative estimate of drug-likeness (QED) is 0.182. The molecule has 2 nitrogen and oxygen atoms in total. The van der Waals surface area contributed by atoms with Crippen molar-refractivity contribution in [3.63, 3.8) is 0 Å². The van der Waals surface area contributed by atoms with Crippen LogP contribution in [0.5, 0.6) is 0 Å². The molecular weight excluding hydrogens is 625 g/mol. The average molecular weight is 659 g/mol. The number of benzene rings is 7. The maximum atomic E-state index is 4.56. The summed E-state index contributed by atoms with van der Waals surface area (Å²) in [6.45, 7) is 5.32. The van der Waals surface area contributed by atoms with E-state index < -0.39 is 0 Å². The summed E-state index contributed by atoms with van der Waals surface area (Å²) in [7, 11) is 0. The van der Waals surface area contributed by atoms with Gasteiger partial charge in [0.05, 0.1) is 5.69 Å². The second-order valence-electron chi connectivity index (χ2n) is 12.6. The SMILES string of the molecule is C=C1/C=C\C=C/CN(c2ccccc2)c2ccc(-c3cc(N(c4ccccc4)c4cccc5ccccc45)cc4c3sc3ccccc34)cc21. The van der Waals surface area contributed by atoms with Crippen molar-refractivity contribution < 1.29 is 0 Å². The van der Waals surface area contributed by atoms with Gasteiger partial charge in [-0.1, -0.05) is 128 Å². The van der Waals surface area contributed by atoms with E-state index in [-0.39, 0.29) is 0 Å². The van der Waals surface area contributed by atoms with Gasteiger partial charge in [-0.3, -0.25) is 0 Å². The third-order valence-corrected chi connectivity index (χ3v) is 10.8. The van der Waals surface area contributed by atoms with Crippen molar-refractivity contribution in [3.8, 4) is 11.1 Å². The first kappa shape index (κ1) is 29.9. The average Bonchev–Trinajstić information content (AvgIpc) is 3.58. The molecule has 0 aliphatic carbocycles. The van der Waals surface area contributed by atoms with Crippen LogP contribution in [0.15, 0.2) is 189 Å². The van der Waals surface area contributed by atoms with Crippen LogP contribution in [0.1, 0.15) is 5.56 Å². The van der Waals surface area contributed by atoms with E-state index >= 15 is 0 Å². The molecule has 1 aliphatic rings. The Morgan fingerprint density at radius 3 is 2.18 bits per heavy atom. The van der Waals surface area contributed by atoms with Crippen LogP contribution in [-0.4, -0.2) is 6.54 Å². The molecule has 0 unspecified atom stereocenters. The maximum Gasteiger partial charge on any atom is 0.0540 e. The van der Waals surface area contributed by atoms with E-state index in [1.807, 2.05) is 11.3 Å². The Morgan fingerprint density at radius 1 is 0.580 bits per heavy atom. The highest BCUT2D eigenvalue weighted by Gasteiger charge is 2.21. The number of fused-ring (bicyclic) bond motifs is 5. The first-order chi connectivity index (χ1) is 24.7. The Morgan fingerprint density at radius 2 is 1.32 bits per heavy atom. The van der Waals surface area contributed by atoms with Crippen molar-refractivity contribution in [2.75, 3.05) is 16.3 Å². The van der Waals surface area contributed by atoms with Gasteiger partial charge in [-0.25, -0.2) is 0 Å². The van der Waals surface area contributed by atoms with Gasteiger partial charge < -0.3 is 9.80 Å². The van der Waals surface area contributed by atoms with Gasteiger partial charge >= 0.3 is 0 Å². The van der Waals surface area contributed by atoms with E-state index in [1.54, 1.807) is 0 Å². The Hall–Kier alpha value is -6.16. The summed E-state index contributed by atoms with van der Waals surface area (Å²) in [5, 5.41) is 4.97. The van der Waals surface area contributed by atoms with Crippen LogP contribution in [0, 0.1) is 0 Å². The van der Waals surface area contributed by atoms with Crippen molar-refractivity contribution in [3.05, 3.63) is 194 Å². The van der Waals surface area contributed by atoms with Gasteiger partial charge in [-0.05, 0) is 77.2 Å². The number of nitrogens with zero attached hydrogens (tertiary/aromatic N) is 2. The lowest BCUT2D eigenvalue weighted by Gasteiger charge is -2.28. The highest BCUT2D eigenvalue weighted by Crippen LogP contribution is 2.47. The zero-order valence-electron chi connectivity index (χ0n) is 27.5. The fourth-order valence-corrected chi connectivity index (χ4v) is 8.44. The molecule has 7 aromatic carbocycles. The summed E-state index contributed by atoms with van der Waals surface area (Å²) in [6, 6.07) is 57.1. The molecule has 0 saturated carbocycles. The third-order valence-electron chi connectivity index (χ3n) is 9.59. The second kappa shape index (κ2) is 12.7. The van der Waals surface area contributed by atoms with E-state index in [1.165, 1.54) is 42.1 Å². The molecule has 0 radical (unpaired) electrons. The standard InChI is InChI=1S/C47H34N2S/c1-33-16-5-4-14-29-48(36-19-6-2-7-20-36)44-28-27-35(30-41(33)44)42-31-38(32-43-40-24-12-13-26-46(40)50-47(42)43)49(37-21-8-3-9-22-37)45-25-15-18-34-17-10-11-23-39(34)45/h2-28,30-32H,1,29H2/b14-4-,16-5-. The van der Waals surface area contributed by atoms with E-state index in [9.17, 15) is 0 Å². The van der Waals surface area contributed by atoms with Crippen molar-refractivity contribution >= 4 is 76.3 Å². The summed E-state index contributed by atoms with van der Waals surface area (Å²) in [4.78, 5) is 4.79. The largest absolute Gasteiger partial charge is 0.337 e. The molecule has 8 aromatic rings. The molecule has 1 aromatic heterocycles. The van der Waals surface area contributed by atoms with Gasteiger partial charge in [-0.2, -0.15) is 0 Å². The minimum absolute atomic E-state index is 0.765. The minimum Gasteiger partial charge on any atom is -0.337 e. The number of anilines is 5. The molecule has 0 amide bonds. The number of thiophene rings is 1. The summed E-state index contributed by atoms with van der Waals surface area (Å²) >= 11 is 1.87. The van der Waals surface area contributed by atoms with E-state index in [4.69, 9.17) is 0 Å². The first-order valence-electron chi connectivity index (χ1n) is 17.0. The number of rotatable bonds is 5. The summed E-state index contributed by atoms with van der Waals surface area (Å²) in [5.74, 6) is 0. The molecule has 0 bridgehead atoms. The van der Waals surface area contributed by atoms with Crippen LogP contribution in [0.3, 0.4) is 0 Å². The van der Waals surface area contributed by atoms with E-state index in [2.05, 4.69) is 198 Å². The number of allylic oxidation sites excluding steroid dienone is 4. The van der Waals surface area contributed by atoms with Crippen molar-refractivity contribution in [2.45, 2.75) is 0 Å². The van der Waals surface area contributed by atoms with E-state index in [0.29, 0.717) is 0 Å². The normalized spacial score (nSPS) is 14.2. The van der Waals surface area contributed by atoms with Crippen LogP contribution in [0.4, 0.5) is 28.4 Å². The molecule has 1 aliphatic heterocycles. The predicted molar refractivity (Wildman–Crippen MR) is 218 cm³/mol. The first-order valence-corrected chi connectivity index (χ1v) is 17.8. The van der Waals surface area contributed by atoms with Crippen LogP contribution < -0.4 is 9.80 Å². The minimum atomic E-state index is 0.765. The van der Waals surface area contributed by atoms with Crippen molar-refractivity contribution in [2.24, 2.45) is 0 Å². The van der Waals surface area contributed by atoms with Crippen LogP contribution in [0.2, 0.25) is 0 Å². The summed E-state index contributed by atoms with van der Waals surface area (Å²) < 4.78 is 2.57. The van der Waals surface area contributed by atoms with Crippen LogP contribution in [0.25, 0.3) is 47.6 Å². The fourth-order valence-electron chi connectivity index (χ4n) is 7.22. The topological polar surface area (TPSA) is 6.48 Å². The Labute approximate surface area is 296 Å². The monoisotopic (exact) mass is 658 g/mol. The molecule has 0 N–H and O–H groups in total. The lowest BCUT2D eigenvalue weighted by molar-refractivity contribution is 1.09. The highest BCUT2D eigenvalue weighted by atomic mass is 32.1. The predicted octanol–water partition coefficient (Wildman–Crippen LogP) is 13.6. The number of hydrogen-bond acceptors (Lipinski definition) is 3. The van der Waals surface area contributed by atoms with Gasteiger partial charge in [0.15, 0.2) is 0 Å². The molecule has 50 heavy (non-hydrogen) atoms. The van der Waals surface area contributed by atoms with Crippen molar-refractivity contribution in [1.82, 2.24) is 0 Å². The van der Waals surface area contributed by atoms with Gasteiger partial charge in [0.2, 0.25) is 0 Å². The molecule has 0 fully saturated rings. The molecule has 0 spiro atoms. The van der Waals surface area contributed by atoms with Gasteiger partial charge in [0.25, 0.3) is 0 Å². The van der Waals surface area contributed by atoms with Crippen LogP contribution >= 0.6 is 11.3 Å². The molecule has 0 atom stereocenters. The fraction of sp³-hybridized carbons (Fsp3) is 0.0213.